The van der Waals surface area contributed by atoms with E-state index in [2.05, 4.69) is 0 Å². The van der Waals surface area contributed by atoms with Gasteiger partial charge in [0, 0.05) is 0 Å². The second-order valence-electron chi connectivity index (χ2n) is 6.48. The molecule has 0 aliphatic carbocycles. The number of rotatable bonds is 6. The fourth-order valence-corrected chi connectivity index (χ4v) is 3.00. The molecule has 0 atom stereocenters. The molecule has 3 aromatic carbocycles. The van der Waals surface area contributed by atoms with Gasteiger partial charge in [-0.3, -0.25) is 0 Å². The van der Waals surface area contributed by atoms with E-state index in [4.69, 9.17) is 24.8 Å². The van der Waals surface area contributed by atoms with Crippen molar-refractivity contribution in [2.24, 2.45) is 0 Å². The van der Waals surface area contributed by atoms with Crippen molar-refractivity contribution in [3.63, 3.8) is 0 Å². The standard InChI is InChI=1S/C12H10O2.C11H14O5.C2H6/c1-8-4-2-6-10-9(8)5-3-7-11(10)12(13)14;1-7-5-8(11(13)14)6-9(15-2)10(7)16-4-3-12;1-2/h2-7H,1H3,(H,13,14);5-6,12H,3-4H2,1-2H3,(H,13,14);1-2H3. The molecule has 0 bridgehead atoms. The van der Waals surface area contributed by atoms with Gasteiger partial charge in [-0.05, 0) is 53.9 Å². The first kappa shape index (κ1) is 26.5. The van der Waals surface area contributed by atoms with Crippen LogP contribution in [0.5, 0.6) is 11.5 Å². The van der Waals surface area contributed by atoms with Gasteiger partial charge >= 0.3 is 11.9 Å². The van der Waals surface area contributed by atoms with Crippen molar-refractivity contribution in [2.75, 3.05) is 20.3 Å². The number of aryl methyl sites for hydroxylation is 2. The molecular formula is C25H30O7. The highest BCUT2D eigenvalue weighted by Crippen LogP contribution is 2.32. The summed E-state index contributed by atoms with van der Waals surface area (Å²) in [4.78, 5) is 21.7. The normalized spacial score (nSPS) is 9.69. The summed E-state index contributed by atoms with van der Waals surface area (Å²) in [6.07, 6.45) is 0. The van der Waals surface area contributed by atoms with Crippen molar-refractivity contribution in [2.45, 2.75) is 27.7 Å². The fourth-order valence-electron chi connectivity index (χ4n) is 3.00. The zero-order chi connectivity index (χ0) is 24.3. The number of hydrogen-bond acceptors (Lipinski definition) is 5. The molecule has 172 valence electrons. The van der Waals surface area contributed by atoms with Gasteiger partial charge in [0.15, 0.2) is 11.5 Å². The van der Waals surface area contributed by atoms with E-state index in [9.17, 15) is 9.59 Å². The molecule has 0 aromatic heterocycles. The zero-order valence-corrected chi connectivity index (χ0v) is 19.0. The predicted molar refractivity (Wildman–Crippen MR) is 124 cm³/mol. The first-order chi connectivity index (χ1) is 15.3. The second kappa shape index (κ2) is 13.0. The third-order valence-electron chi connectivity index (χ3n) is 4.42. The third kappa shape index (κ3) is 6.72. The quantitative estimate of drug-likeness (QED) is 0.495. The predicted octanol–water partition coefficient (Wildman–Crippen LogP) is 4.95. The van der Waals surface area contributed by atoms with Crippen molar-refractivity contribution < 1.29 is 34.4 Å². The van der Waals surface area contributed by atoms with Crippen LogP contribution in [-0.2, 0) is 0 Å². The van der Waals surface area contributed by atoms with E-state index in [1.54, 1.807) is 19.1 Å². The van der Waals surface area contributed by atoms with Crippen LogP contribution in [0.15, 0.2) is 48.5 Å². The molecule has 3 N–H and O–H groups in total. The Bertz CT molecular complexity index is 1060. The maximum atomic E-state index is 10.9. The Morgan fingerprint density at radius 1 is 0.875 bits per heavy atom. The summed E-state index contributed by atoms with van der Waals surface area (Å²) < 4.78 is 10.3. The summed E-state index contributed by atoms with van der Waals surface area (Å²) in [5.74, 6) is -1.08. The van der Waals surface area contributed by atoms with Gasteiger partial charge in [0.05, 0.1) is 24.8 Å². The average molecular weight is 443 g/mol. The number of aromatic carboxylic acids is 2. The molecule has 7 nitrogen and oxygen atoms in total. The highest BCUT2D eigenvalue weighted by atomic mass is 16.5. The highest BCUT2D eigenvalue weighted by Gasteiger charge is 2.13. The largest absolute Gasteiger partial charge is 0.493 e. The number of carboxylic acids is 2. The Hall–Kier alpha value is -3.58. The number of aliphatic hydroxyl groups excluding tert-OH is 1. The summed E-state index contributed by atoms with van der Waals surface area (Å²) in [6, 6.07) is 13.9. The Morgan fingerprint density at radius 2 is 1.50 bits per heavy atom. The number of aliphatic hydroxyl groups is 1. The van der Waals surface area contributed by atoms with Crippen LogP contribution in [0.1, 0.15) is 45.7 Å². The van der Waals surface area contributed by atoms with Crippen LogP contribution in [0, 0.1) is 13.8 Å². The molecule has 0 fully saturated rings. The van der Waals surface area contributed by atoms with Crippen LogP contribution >= 0.6 is 0 Å². The van der Waals surface area contributed by atoms with Crippen LogP contribution in [-0.4, -0.2) is 47.6 Å². The summed E-state index contributed by atoms with van der Waals surface area (Å²) in [5, 5.41) is 28.3. The third-order valence-corrected chi connectivity index (χ3v) is 4.42. The molecule has 0 unspecified atom stereocenters. The highest BCUT2D eigenvalue weighted by molar-refractivity contribution is 6.04. The molecule has 0 saturated heterocycles. The van der Waals surface area contributed by atoms with E-state index in [1.807, 2.05) is 45.0 Å². The molecule has 0 saturated carbocycles. The smallest absolute Gasteiger partial charge is 0.336 e. The van der Waals surface area contributed by atoms with E-state index in [0.29, 0.717) is 22.6 Å². The number of benzene rings is 3. The van der Waals surface area contributed by atoms with E-state index >= 15 is 0 Å². The number of carbonyl (C=O) groups is 2. The minimum atomic E-state index is -1.02. The lowest BCUT2D eigenvalue weighted by molar-refractivity contribution is 0.0686. The number of fused-ring (bicyclic) bond motifs is 1. The lowest BCUT2D eigenvalue weighted by Crippen LogP contribution is -2.06. The van der Waals surface area contributed by atoms with Gasteiger partial charge in [0.1, 0.15) is 6.61 Å². The molecule has 0 heterocycles. The molecule has 0 aliphatic rings. The van der Waals surface area contributed by atoms with E-state index < -0.39 is 11.9 Å². The SMILES string of the molecule is CC.COc1cc(C(=O)O)cc(C)c1OCCO.Cc1cccc2c(C(=O)O)cccc12. The van der Waals surface area contributed by atoms with Gasteiger partial charge in [-0.2, -0.15) is 0 Å². The van der Waals surface area contributed by atoms with E-state index in [0.717, 1.165) is 16.3 Å². The van der Waals surface area contributed by atoms with Gasteiger partial charge < -0.3 is 24.8 Å². The molecule has 0 spiro atoms. The van der Waals surface area contributed by atoms with E-state index in [-0.39, 0.29) is 18.8 Å². The van der Waals surface area contributed by atoms with Crippen LogP contribution in [0.3, 0.4) is 0 Å². The molecule has 3 aromatic rings. The van der Waals surface area contributed by atoms with Gasteiger partial charge in [-0.15, -0.1) is 0 Å². The topological polar surface area (TPSA) is 113 Å². The van der Waals surface area contributed by atoms with Gasteiger partial charge in [0.2, 0.25) is 0 Å². The van der Waals surface area contributed by atoms with Crippen molar-refractivity contribution >= 4 is 22.7 Å². The summed E-state index contributed by atoms with van der Waals surface area (Å²) in [5.41, 5.74) is 2.27. The van der Waals surface area contributed by atoms with Crippen LogP contribution in [0.25, 0.3) is 10.8 Å². The number of methoxy groups -OCH3 is 1. The second-order valence-corrected chi connectivity index (χ2v) is 6.48. The maximum absolute atomic E-state index is 10.9. The molecule has 3 rings (SSSR count). The Balaban J connectivity index is 0.000000299. The zero-order valence-electron chi connectivity index (χ0n) is 19.0. The first-order valence-electron chi connectivity index (χ1n) is 10.2. The maximum Gasteiger partial charge on any atom is 0.336 e. The van der Waals surface area contributed by atoms with Crippen LogP contribution in [0.2, 0.25) is 0 Å². The Morgan fingerprint density at radius 3 is 2.06 bits per heavy atom. The molecule has 0 amide bonds. The van der Waals surface area contributed by atoms with Crippen molar-refractivity contribution in [1.82, 2.24) is 0 Å². The average Bonchev–Trinajstić information content (AvgIpc) is 2.79. The molecule has 32 heavy (non-hydrogen) atoms. The lowest BCUT2D eigenvalue weighted by atomic mass is 10.0. The Kier molecular flexibility index (Phi) is 10.7. The molecule has 0 radical (unpaired) electrons. The van der Waals surface area contributed by atoms with Crippen LogP contribution < -0.4 is 9.47 Å². The van der Waals surface area contributed by atoms with Crippen molar-refractivity contribution in [3.8, 4) is 11.5 Å². The van der Waals surface area contributed by atoms with Crippen molar-refractivity contribution in [3.05, 3.63) is 70.8 Å². The fraction of sp³-hybridized carbons (Fsp3) is 0.280. The monoisotopic (exact) mass is 442 g/mol. The van der Waals surface area contributed by atoms with Gasteiger partial charge in [-0.25, -0.2) is 9.59 Å². The number of hydrogen-bond donors (Lipinski definition) is 3. The Labute approximate surface area is 187 Å². The molecular weight excluding hydrogens is 412 g/mol. The minimum absolute atomic E-state index is 0.108. The summed E-state index contributed by atoms with van der Waals surface area (Å²) >= 11 is 0. The first-order valence-corrected chi connectivity index (χ1v) is 10.2. The van der Waals surface area contributed by atoms with Gasteiger partial charge in [0.25, 0.3) is 0 Å². The lowest BCUT2D eigenvalue weighted by Gasteiger charge is -2.13. The summed E-state index contributed by atoms with van der Waals surface area (Å²) in [7, 11) is 1.44. The number of carboxylic acid groups (broad SMARTS) is 2. The summed E-state index contributed by atoms with van der Waals surface area (Å²) in [6.45, 7) is 7.74. The molecule has 7 heteroatoms. The van der Waals surface area contributed by atoms with E-state index in [1.165, 1.54) is 19.2 Å². The number of ether oxygens (including phenoxy) is 2. The van der Waals surface area contributed by atoms with Gasteiger partial charge in [-0.1, -0.05) is 44.2 Å². The van der Waals surface area contributed by atoms with Crippen molar-refractivity contribution in [1.29, 1.82) is 0 Å². The van der Waals surface area contributed by atoms with Crippen LogP contribution in [0.4, 0.5) is 0 Å². The minimum Gasteiger partial charge on any atom is -0.493 e. The molecule has 0 aliphatic heterocycles.